The van der Waals surface area contributed by atoms with Crippen molar-refractivity contribution in [3.63, 3.8) is 0 Å². The first-order chi connectivity index (χ1) is 11.7. The first kappa shape index (κ1) is 18.0. The van der Waals surface area contributed by atoms with Crippen LogP contribution < -0.4 is 15.4 Å². The molecule has 0 aliphatic carbocycles. The summed E-state index contributed by atoms with van der Waals surface area (Å²) in [6.45, 7) is 3.00. The molecule has 2 N–H and O–H groups in total. The first-order valence-electron chi connectivity index (χ1n) is 7.74. The maximum atomic E-state index is 12.5. The number of urea groups is 1. The zero-order chi connectivity index (χ0) is 17.4. The maximum absolute atomic E-state index is 12.5. The third-order valence-electron chi connectivity index (χ3n) is 3.58. The molecule has 0 radical (unpaired) electrons. The highest BCUT2D eigenvalue weighted by Crippen LogP contribution is 2.26. The second kappa shape index (κ2) is 9.09. The van der Waals surface area contributed by atoms with Gasteiger partial charge in [-0.2, -0.15) is 0 Å². The number of ether oxygens (including phenoxy) is 3. The molecule has 24 heavy (non-hydrogen) atoms. The third-order valence-corrected chi connectivity index (χ3v) is 3.58. The quantitative estimate of drug-likeness (QED) is 0.754. The number of carbonyl (C=O) groups is 2. The molecular weight excluding hydrogens is 314 g/mol. The molecule has 132 valence electrons. The van der Waals surface area contributed by atoms with Crippen molar-refractivity contribution in [2.45, 2.75) is 0 Å². The average molecular weight is 337 g/mol. The molecule has 3 amide bonds. The van der Waals surface area contributed by atoms with Crippen LogP contribution >= 0.6 is 0 Å². The summed E-state index contributed by atoms with van der Waals surface area (Å²) >= 11 is 0. The van der Waals surface area contributed by atoms with Gasteiger partial charge in [0.25, 0.3) is 5.91 Å². The van der Waals surface area contributed by atoms with E-state index in [0.717, 1.165) is 0 Å². The number of amides is 3. The molecule has 1 aromatic rings. The number of morpholine rings is 1. The first-order valence-corrected chi connectivity index (χ1v) is 7.74. The van der Waals surface area contributed by atoms with Crippen molar-refractivity contribution >= 4 is 17.6 Å². The van der Waals surface area contributed by atoms with Gasteiger partial charge in [0.2, 0.25) is 0 Å². The maximum Gasteiger partial charge on any atom is 0.319 e. The summed E-state index contributed by atoms with van der Waals surface area (Å²) in [5.74, 6) is 0.388. The molecular formula is C16H23N3O5. The Balaban J connectivity index is 2.08. The minimum absolute atomic E-state index is 0.0937. The summed E-state index contributed by atoms with van der Waals surface area (Å²) in [7, 11) is 3.07. The Hall–Kier alpha value is -2.32. The minimum atomic E-state index is -0.388. The number of rotatable bonds is 6. The van der Waals surface area contributed by atoms with Gasteiger partial charge in [-0.25, -0.2) is 4.79 Å². The molecule has 8 nitrogen and oxygen atoms in total. The lowest BCUT2D eigenvalue weighted by molar-refractivity contribution is 0.0303. The van der Waals surface area contributed by atoms with Crippen molar-refractivity contribution in [3.05, 3.63) is 23.8 Å². The second-order valence-electron chi connectivity index (χ2n) is 5.19. The van der Waals surface area contributed by atoms with Crippen LogP contribution in [0.1, 0.15) is 10.4 Å². The zero-order valence-corrected chi connectivity index (χ0v) is 14.0. The molecule has 1 saturated heterocycles. The largest absolute Gasteiger partial charge is 0.495 e. The normalized spacial score (nSPS) is 14.2. The van der Waals surface area contributed by atoms with Gasteiger partial charge < -0.3 is 29.7 Å². The van der Waals surface area contributed by atoms with Crippen LogP contribution in [0.5, 0.6) is 5.75 Å². The molecule has 1 aliphatic rings. The van der Waals surface area contributed by atoms with Gasteiger partial charge in [-0.3, -0.25) is 4.79 Å². The Bertz CT molecular complexity index is 573. The highest BCUT2D eigenvalue weighted by atomic mass is 16.5. The van der Waals surface area contributed by atoms with Crippen LogP contribution in [-0.4, -0.2) is 70.5 Å². The Labute approximate surface area is 141 Å². The van der Waals surface area contributed by atoms with Crippen molar-refractivity contribution in [1.82, 2.24) is 10.2 Å². The number of methoxy groups -OCH3 is 2. The Morgan fingerprint density at radius 3 is 2.67 bits per heavy atom. The molecule has 2 rings (SSSR count). The average Bonchev–Trinajstić information content (AvgIpc) is 2.62. The fourth-order valence-corrected chi connectivity index (χ4v) is 2.32. The number of benzene rings is 1. The van der Waals surface area contributed by atoms with Crippen molar-refractivity contribution in [2.75, 3.05) is 59.0 Å². The number of anilines is 1. The highest BCUT2D eigenvalue weighted by molar-refractivity contribution is 5.98. The van der Waals surface area contributed by atoms with E-state index in [4.69, 9.17) is 14.2 Å². The van der Waals surface area contributed by atoms with Gasteiger partial charge in [0.05, 0.1) is 32.6 Å². The molecule has 0 aromatic heterocycles. The van der Waals surface area contributed by atoms with E-state index in [1.807, 2.05) is 0 Å². The lowest BCUT2D eigenvalue weighted by atomic mass is 10.1. The van der Waals surface area contributed by atoms with Crippen molar-refractivity contribution < 1.29 is 23.8 Å². The topological polar surface area (TPSA) is 89.1 Å². The summed E-state index contributed by atoms with van der Waals surface area (Å²) in [6.07, 6.45) is 0. The monoisotopic (exact) mass is 337 g/mol. The lowest BCUT2D eigenvalue weighted by Crippen LogP contribution is -2.40. The molecule has 0 saturated carbocycles. The fourth-order valence-electron chi connectivity index (χ4n) is 2.32. The van der Waals surface area contributed by atoms with Crippen LogP contribution in [0.25, 0.3) is 0 Å². The van der Waals surface area contributed by atoms with Crippen LogP contribution in [-0.2, 0) is 9.47 Å². The smallest absolute Gasteiger partial charge is 0.319 e. The van der Waals surface area contributed by atoms with E-state index in [1.165, 1.54) is 7.11 Å². The highest BCUT2D eigenvalue weighted by Gasteiger charge is 2.20. The number of hydrogen-bond acceptors (Lipinski definition) is 5. The van der Waals surface area contributed by atoms with E-state index in [9.17, 15) is 9.59 Å². The fraction of sp³-hybridized carbons (Fsp3) is 0.500. The van der Waals surface area contributed by atoms with Crippen molar-refractivity contribution in [2.24, 2.45) is 0 Å². The lowest BCUT2D eigenvalue weighted by Gasteiger charge is -2.27. The molecule has 8 heteroatoms. The predicted molar refractivity (Wildman–Crippen MR) is 88.6 cm³/mol. The summed E-state index contributed by atoms with van der Waals surface area (Å²) in [4.78, 5) is 26.2. The van der Waals surface area contributed by atoms with Gasteiger partial charge in [-0.05, 0) is 18.2 Å². The van der Waals surface area contributed by atoms with E-state index >= 15 is 0 Å². The Morgan fingerprint density at radius 1 is 1.25 bits per heavy atom. The van der Waals surface area contributed by atoms with Gasteiger partial charge >= 0.3 is 6.03 Å². The molecule has 1 heterocycles. The third kappa shape index (κ3) is 4.84. The summed E-state index contributed by atoms with van der Waals surface area (Å²) in [5, 5.41) is 5.35. The van der Waals surface area contributed by atoms with Gasteiger partial charge in [0.1, 0.15) is 5.75 Å². The van der Waals surface area contributed by atoms with Crippen molar-refractivity contribution in [1.29, 1.82) is 0 Å². The van der Waals surface area contributed by atoms with E-state index in [0.29, 0.717) is 56.5 Å². The van der Waals surface area contributed by atoms with Gasteiger partial charge in [0, 0.05) is 32.3 Å². The Kier molecular flexibility index (Phi) is 6.83. The van der Waals surface area contributed by atoms with Gasteiger partial charge in [0.15, 0.2) is 0 Å². The number of nitrogens with one attached hydrogen (secondary N) is 2. The second-order valence-corrected chi connectivity index (χ2v) is 5.19. The van der Waals surface area contributed by atoms with E-state index in [1.54, 1.807) is 30.2 Å². The van der Waals surface area contributed by atoms with E-state index in [-0.39, 0.29) is 11.9 Å². The van der Waals surface area contributed by atoms with Crippen LogP contribution in [0, 0.1) is 0 Å². The van der Waals surface area contributed by atoms with Crippen LogP contribution in [0.2, 0.25) is 0 Å². The van der Waals surface area contributed by atoms with Crippen LogP contribution in [0.4, 0.5) is 10.5 Å². The Morgan fingerprint density at radius 2 is 2.00 bits per heavy atom. The molecule has 0 unspecified atom stereocenters. The van der Waals surface area contributed by atoms with Gasteiger partial charge in [-0.15, -0.1) is 0 Å². The van der Waals surface area contributed by atoms with E-state index < -0.39 is 0 Å². The summed E-state index contributed by atoms with van der Waals surface area (Å²) in [5.41, 5.74) is 0.927. The zero-order valence-electron chi connectivity index (χ0n) is 14.0. The van der Waals surface area contributed by atoms with Gasteiger partial charge in [-0.1, -0.05) is 0 Å². The molecule has 0 bridgehead atoms. The summed E-state index contributed by atoms with van der Waals surface area (Å²) in [6, 6.07) is 4.58. The number of carbonyl (C=O) groups excluding carboxylic acids is 2. The van der Waals surface area contributed by atoms with Crippen molar-refractivity contribution in [3.8, 4) is 5.75 Å². The standard InChI is InChI=1S/C16H23N3O5/c1-22-8-5-17-16(21)18-13-11-12(3-4-14(13)23-2)15(20)19-6-9-24-10-7-19/h3-4,11H,5-10H2,1-2H3,(H2,17,18,21). The minimum Gasteiger partial charge on any atom is -0.495 e. The van der Waals surface area contributed by atoms with Crippen LogP contribution in [0.3, 0.4) is 0 Å². The molecule has 1 aromatic carbocycles. The molecule has 0 atom stereocenters. The van der Waals surface area contributed by atoms with E-state index in [2.05, 4.69) is 10.6 Å². The number of hydrogen-bond donors (Lipinski definition) is 2. The SMILES string of the molecule is COCCNC(=O)Nc1cc(C(=O)N2CCOCC2)ccc1OC. The predicted octanol–water partition coefficient (Wildman–Crippen LogP) is 0.935. The molecule has 1 fully saturated rings. The van der Waals surface area contributed by atoms with Crippen LogP contribution in [0.15, 0.2) is 18.2 Å². The number of nitrogens with zero attached hydrogens (tertiary/aromatic N) is 1. The molecule has 1 aliphatic heterocycles. The summed E-state index contributed by atoms with van der Waals surface area (Å²) < 4.78 is 15.4. The molecule has 0 spiro atoms.